The highest BCUT2D eigenvalue weighted by Gasteiger charge is 2.52. The van der Waals surface area contributed by atoms with Crippen LogP contribution in [0.15, 0.2) is 0 Å². The van der Waals surface area contributed by atoms with Gasteiger partial charge in [0, 0.05) is 12.5 Å². The van der Waals surface area contributed by atoms with Gasteiger partial charge in [0.2, 0.25) is 0 Å². The summed E-state index contributed by atoms with van der Waals surface area (Å²) in [6, 6.07) is 0. The normalized spacial score (nSPS) is 37.6. The van der Waals surface area contributed by atoms with Gasteiger partial charge in [0.1, 0.15) is 0 Å². The Morgan fingerprint density at radius 2 is 2.06 bits per heavy atom. The van der Waals surface area contributed by atoms with E-state index in [9.17, 15) is 18.0 Å². The smallest absolute Gasteiger partial charge is 0.391 e. The van der Waals surface area contributed by atoms with Crippen molar-refractivity contribution < 1.29 is 27.4 Å². The van der Waals surface area contributed by atoms with Gasteiger partial charge < -0.3 is 9.47 Å². The molecular weight excluding hydrogens is 237 g/mol. The summed E-state index contributed by atoms with van der Waals surface area (Å²) in [6.45, 7) is 0.438. The average Bonchev–Trinajstić information content (AvgIpc) is 2.73. The number of carbonyl (C=O) groups is 1. The summed E-state index contributed by atoms with van der Waals surface area (Å²) in [5, 5.41) is 0. The molecule has 0 aromatic rings. The molecule has 0 spiro atoms. The van der Waals surface area contributed by atoms with Crippen LogP contribution < -0.4 is 0 Å². The van der Waals surface area contributed by atoms with Gasteiger partial charge in [-0.05, 0) is 19.3 Å². The van der Waals surface area contributed by atoms with Gasteiger partial charge >= 0.3 is 12.1 Å². The highest BCUT2D eigenvalue weighted by atomic mass is 19.4. The van der Waals surface area contributed by atoms with Crippen molar-refractivity contribution in [1.82, 2.24) is 0 Å². The molecular formula is C11H15F3O3. The number of rotatable bonds is 1. The molecule has 3 nitrogen and oxygen atoms in total. The molecule has 1 saturated heterocycles. The number of methoxy groups -OCH3 is 1. The second kappa shape index (κ2) is 4.48. The van der Waals surface area contributed by atoms with Crippen LogP contribution in [0.4, 0.5) is 13.2 Å². The predicted octanol–water partition coefficient (Wildman–Crippen LogP) is 2.15. The van der Waals surface area contributed by atoms with E-state index >= 15 is 0 Å². The molecule has 0 amide bonds. The number of hydrogen-bond acceptors (Lipinski definition) is 3. The molecule has 0 unspecified atom stereocenters. The standard InChI is InChI=1S/C11H15F3O3/c1-16-10(15)8-4-6(11(12,13)14)5-9-7(8)2-3-17-9/h6-9H,2-5H2,1H3/t6-,7+,8+,9+/m0/s1. The lowest BCUT2D eigenvalue weighted by Gasteiger charge is -2.36. The van der Waals surface area contributed by atoms with Gasteiger partial charge in [-0.3, -0.25) is 4.79 Å². The van der Waals surface area contributed by atoms with E-state index in [1.54, 1.807) is 0 Å². The van der Waals surface area contributed by atoms with Crippen LogP contribution in [0.25, 0.3) is 0 Å². The van der Waals surface area contributed by atoms with Gasteiger partial charge in [-0.1, -0.05) is 0 Å². The fraction of sp³-hybridized carbons (Fsp3) is 0.909. The highest BCUT2D eigenvalue weighted by Crippen LogP contribution is 2.47. The molecule has 1 heterocycles. The van der Waals surface area contributed by atoms with Gasteiger partial charge in [0.05, 0.1) is 25.0 Å². The predicted molar refractivity (Wildman–Crippen MR) is 52.1 cm³/mol. The molecule has 2 aliphatic rings. The minimum Gasteiger partial charge on any atom is -0.469 e. The summed E-state index contributed by atoms with van der Waals surface area (Å²) in [4.78, 5) is 11.5. The van der Waals surface area contributed by atoms with Gasteiger partial charge in [-0.2, -0.15) is 13.2 Å². The molecule has 17 heavy (non-hydrogen) atoms. The summed E-state index contributed by atoms with van der Waals surface area (Å²) in [6.07, 6.45) is -4.25. The molecule has 0 aromatic heterocycles. The monoisotopic (exact) mass is 252 g/mol. The topological polar surface area (TPSA) is 35.5 Å². The third-order valence-corrected chi connectivity index (χ3v) is 3.80. The van der Waals surface area contributed by atoms with Gasteiger partial charge in [0.25, 0.3) is 0 Å². The first-order chi connectivity index (χ1) is 7.93. The average molecular weight is 252 g/mol. The number of hydrogen-bond donors (Lipinski definition) is 0. The van der Waals surface area contributed by atoms with Crippen LogP contribution in [0.5, 0.6) is 0 Å². The number of alkyl halides is 3. The Kier molecular flexibility index (Phi) is 3.34. The number of carbonyl (C=O) groups excluding carboxylic acids is 1. The molecule has 0 bridgehead atoms. The zero-order valence-electron chi connectivity index (χ0n) is 9.50. The van der Waals surface area contributed by atoms with Crippen molar-refractivity contribution in [2.24, 2.45) is 17.8 Å². The first-order valence-electron chi connectivity index (χ1n) is 5.69. The number of fused-ring (bicyclic) bond motifs is 1. The molecule has 98 valence electrons. The van der Waals surface area contributed by atoms with E-state index in [0.717, 1.165) is 0 Å². The summed E-state index contributed by atoms with van der Waals surface area (Å²) in [5.74, 6) is -2.78. The zero-order valence-corrected chi connectivity index (χ0v) is 9.50. The molecule has 0 radical (unpaired) electrons. The van der Waals surface area contributed by atoms with Crippen molar-refractivity contribution in [3.63, 3.8) is 0 Å². The fourth-order valence-corrected chi connectivity index (χ4v) is 2.92. The Morgan fingerprint density at radius 3 is 2.65 bits per heavy atom. The maximum atomic E-state index is 12.7. The van der Waals surface area contributed by atoms with Crippen LogP contribution in [0.2, 0.25) is 0 Å². The largest absolute Gasteiger partial charge is 0.469 e. The maximum Gasteiger partial charge on any atom is 0.391 e. The van der Waals surface area contributed by atoms with Crippen LogP contribution >= 0.6 is 0 Å². The fourth-order valence-electron chi connectivity index (χ4n) is 2.92. The maximum absolute atomic E-state index is 12.7. The Bertz CT molecular complexity index is 303. The highest BCUT2D eigenvalue weighted by molar-refractivity contribution is 5.73. The van der Waals surface area contributed by atoms with Crippen LogP contribution in [-0.4, -0.2) is 32.0 Å². The van der Waals surface area contributed by atoms with Gasteiger partial charge in [-0.25, -0.2) is 0 Å². The van der Waals surface area contributed by atoms with E-state index in [0.29, 0.717) is 13.0 Å². The Balaban J connectivity index is 2.16. The van der Waals surface area contributed by atoms with E-state index in [4.69, 9.17) is 4.74 Å². The molecule has 0 N–H and O–H groups in total. The van der Waals surface area contributed by atoms with Crippen molar-refractivity contribution in [3.05, 3.63) is 0 Å². The summed E-state index contributed by atoms with van der Waals surface area (Å²) in [5.41, 5.74) is 0. The van der Waals surface area contributed by atoms with Crippen molar-refractivity contribution in [2.75, 3.05) is 13.7 Å². The zero-order chi connectivity index (χ0) is 12.6. The molecule has 1 aliphatic heterocycles. The molecule has 2 rings (SSSR count). The lowest BCUT2D eigenvalue weighted by Crippen LogP contribution is -2.42. The molecule has 6 heteroatoms. The first-order valence-corrected chi connectivity index (χ1v) is 5.69. The van der Waals surface area contributed by atoms with E-state index in [2.05, 4.69) is 4.74 Å². The van der Waals surface area contributed by atoms with Crippen LogP contribution in [0, 0.1) is 17.8 Å². The second-order valence-electron chi connectivity index (χ2n) is 4.70. The Morgan fingerprint density at radius 1 is 1.35 bits per heavy atom. The third kappa shape index (κ3) is 2.41. The van der Waals surface area contributed by atoms with Crippen molar-refractivity contribution >= 4 is 5.97 Å². The third-order valence-electron chi connectivity index (χ3n) is 3.80. The van der Waals surface area contributed by atoms with Crippen LogP contribution in [0.3, 0.4) is 0 Å². The summed E-state index contributed by atoms with van der Waals surface area (Å²) in [7, 11) is 1.21. The number of esters is 1. The van der Waals surface area contributed by atoms with Gasteiger partial charge in [0.15, 0.2) is 0 Å². The minimum absolute atomic E-state index is 0.0261. The van der Waals surface area contributed by atoms with Crippen LogP contribution in [-0.2, 0) is 14.3 Å². The van der Waals surface area contributed by atoms with Gasteiger partial charge in [-0.15, -0.1) is 0 Å². The van der Waals surface area contributed by atoms with E-state index in [-0.39, 0.29) is 18.8 Å². The van der Waals surface area contributed by atoms with E-state index < -0.39 is 30.1 Å². The molecule has 0 aromatic carbocycles. The SMILES string of the molecule is COC(=O)[C@@H]1C[C@H](C(F)(F)F)C[C@H]2OCC[C@@H]21. The molecule has 2 fully saturated rings. The first kappa shape index (κ1) is 12.7. The van der Waals surface area contributed by atoms with Crippen molar-refractivity contribution in [1.29, 1.82) is 0 Å². The summed E-state index contributed by atoms with van der Waals surface area (Å²) < 4.78 is 48.1. The quantitative estimate of drug-likeness (QED) is 0.671. The Hall–Kier alpha value is -0.780. The Labute approximate surface area is 97.3 Å². The minimum atomic E-state index is -4.26. The number of ether oxygens (including phenoxy) is 2. The molecule has 1 aliphatic carbocycles. The molecule has 1 saturated carbocycles. The second-order valence-corrected chi connectivity index (χ2v) is 4.70. The van der Waals surface area contributed by atoms with E-state index in [1.165, 1.54) is 7.11 Å². The van der Waals surface area contributed by atoms with Crippen LogP contribution in [0.1, 0.15) is 19.3 Å². The van der Waals surface area contributed by atoms with Crippen molar-refractivity contribution in [3.8, 4) is 0 Å². The lowest BCUT2D eigenvalue weighted by atomic mass is 9.72. The van der Waals surface area contributed by atoms with E-state index in [1.807, 2.05) is 0 Å². The van der Waals surface area contributed by atoms with Crippen molar-refractivity contribution in [2.45, 2.75) is 31.5 Å². The number of halogens is 3. The molecule has 4 atom stereocenters. The lowest BCUT2D eigenvalue weighted by molar-refractivity contribution is -0.201. The summed E-state index contributed by atoms with van der Waals surface area (Å²) >= 11 is 0.